The van der Waals surface area contributed by atoms with Gasteiger partial charge in [-0.25, -0.2) is 0 Å². The van der Waals surface area contributed by atoms with Crippen LogP contribution in [-0.2, 0) is 6.54 Å². The van der Waals surface area contributed by atoms with Gasteiger partial charge in [-0.3, -0.25) is 4.79 Å². The first-order valence-corrected chi connectivity index (χ1v) is 9.11. The summed E-state index contributed by atoms with van der Waals surface area (Å²) in [6, 6.07) is 23.6. The minimum atomic E-state index is -0.151. The molecule has 1 aliphatic heterocycles. The summed E-state index contributed by atoms with van der Waals surface area (Å²) in [5.41, 5.74) is 3.53. The molecule has 0 fully saturated rings. The van der Waals surface area contributed by atoms with Crippen LogP contribution in [0.15, 0.2) is 79.0 Å². The lowest BCUT2D eigenvalue weighted by Crippen LogP contribution is -2.11. The highest BCUT2D eigenvalue weighted by atomic mass is 16.7. The number of rotatable bonds is 4. The molecule has 0 unspecified atom stereocenters. The molecule has 1 aliphatic rings. The molecule has 138 valence electrons. The van der Waals surface area contributed by atoms with Gasteiger partial charge < -0.3 is 19.4 Å². The maximum atomic E-state index is 13.0. The lowest BCUT2D eigenvalue weighted by molar-refractivity contribution is 0.102. The maximum Gasteiger partial charge on any atom is 0.257 e. The summed E-state index contributed by atoms with van der Waals surface area (Å²) in [6.45, 7) is 0.915. The number of hydrogen-bond donors (Lipinski definition) is 1. The molecular formula is C23H18N2O3. The van der Waals surface area contributed by atoms with Crippen LogP contribution in [0.4, 0.5) is 5.69 Å². The largest absolute Gasteiger partial charge is 0.454 e. The average molecular weight is 370 g/mol. The van der Waals surface area contributed by atoms with Gasteiger partial charge in [0, 0.05) is 35.4 Å². The highest BCUT2D eigenvalue weighted by Crippen LogP contribution is 2.34. The summed E-state index contributed by atoms with van der Waals surface area (Å²) in [5, 5.41) is 3.90. The molecule has 4 aromatic rings. The first-order valence-electron chi connectivity index (χ1n) is 9.11. The number of aromatic nitrogens is 1. The van der Waals surface area contributed by atoms with Crippen LogP contribution in [0.5, 0.6) is 11.5 Å². The van der Waals surface area contributed by atoms with E-state index in [4.69, 9.17) is 9.47 Å². The highest BCUT2D eigenvalue weighted by Gasteiger charge is 2.18. The number of nitrogens with one attached hydrogen (secondary N) is 1. The van der Waals surface area contributed by atoms with Crippen molar-refractivity contribution < 1.29 is 14.3 Å². The number of carbonyl (C=O) groups excluding carboxylic acids is 1. The van der Waals surface area contributed by atoms with Gasteiger partial charge in [-0.2, -0.15) is 0 Å². The number of para-hydroxylation sites is 1. The lowest BCUT2D eigenvalue weighted by atomic mass is 10.1. The average Bonchev–Trinajstić information content (AvgIpc) is 3.33. The Balaban J connectivity index is 1.47. The number of amides is 1. The monoisotopic (exact) mass is 370 g/mol. The van der Waals surface area contributed by atoms with E-state index in [1.165, 1.54) is 5.56 Å². The normalized spacial score (nSPS) is 12.3. The van der Waals surface area contributed by atoms with Gasteiger partial charge in [0.2, 0.25) is 6.79 Å². The second-order valence-electron chi connectivity index (χ2n) is 6.70. The van der Waals surface area contributed by atoms with E-state index in [9.17, 15) is 4.79 Å². The molecule has 0 spiro atoms. The third kappa shape index (κ3) is 2.97. The molecule has 1 N–H and O–H groups in total. The number of carbonyl (C=O) groups is 1. The van der Waals surface area contributed by atoms with E-state index in [0.717, 1.165) is 10.9 Å². The number of hydrogen-bond acceptors (Lipinski definition) is 3. The van der Waals surface area contributed by atoms with Crippen LogP contribution in [-0.4, -0.2) is 17.3 Å². The molecule has 2 heterocycles. The van der Waals surface area contributed by atoms with Crippen molar-refractivity contribution in [3.63, 3.8) is 0 Å². The molecule has 5 rings (SSSR count). The van der Waals surface area contributed by atoms with Gasteiger partial charge >= 0.3 is 0 Å². The first kappa shape index (κ1) is 16.4. The summed E-state index contributed by atoms with van der Waals surface area (Å²) in [6.07, 6.45) is 1.92. The predicted octanol–water partition coefficient (Wildman–Crippen LogP) is 4.67. The molecule has 28 heavy (non-hydrogen) atoms. The van der Waals surface area contributed by atoms with E-state index in [0.29, 0.717) is 29.3 Å². The molecule has 0 atom stereocenters. The Kier molecular flexibility index (Phi) is 3.98. The van der Waals surface area contributed by atoms with Crippen LogP contribution >= 0.6 is 0 Å². The summed E-state index contributed by atoms with van der Waals surface area (Å²) in [4.78, 5) is 13.0. The van der Waals surface area contributed by atoms with Gasteiger partial charge in [0.15, 0.2) is 11.5 Å². The molecule has 0 saturated carbocycles. The molecule has 5 nitrogen and oxygen atoms in total. The molecule has 0 saturated heterocycles. The molecule has 0 aliphatic carbocycles. The van der Waals surface area contributed by atoms with Crippen molar-refractivity contribution in [2.24, 2.45) is 0 Å². The number of nitrogens with zero attached hydrogens (tertiary/aromatic N) is 1. The number of benzene rings is 3. The van der Waals surface area contributed by atoms with E-state index >= 15 is 0 Å². The van der Waals surface area contributed by atoms with E-state index in [1.54, 1.807) is 12.1 Å². The van der Waals surface area contributed by atoms with Crippen LogP contribution in [0.3, 0.4) is 0 Å². The van der Waals surface area contributed by atoms with E-state index in [-0.39, 0.29) is 12.7 Å². The van der Waals surface area contributed by atoms with E-state index in [2.05, 4.69) is 22.0 Å². The van der Waals surface area contributed by atoms with Gasteiger partial charge in [0.05, 0.1) is 5.56 Å². The highest BCUT2D eigenvalue weighted by molar-refractivity contribution is 6.13. The van der Waals surface area contributed by atoms with Crippen molar-refractivity contribution in [2.45, 2.75) is 6.54 Å². The zero-order chi connectivity index (χ0) is 18.9. The van der Waals surface area contributed by atoms with Gasteiger partial charge in [0.25, 0.3) is 5.91 Å². The van der Waals surface area contributed by atoms with Gasteiger partial charge in [-0.1, -0.05) is 48.5 Å². The minimum absolute atomic E-state index is 0.151. The van der Waals surface area contributed by atoms with Crippen molar-refractivity contribution in [1.82, 2.24) is 4.57 Å². The van der Waals surface area contributed by atoms with Gasteiger partial charge in [-0.05, 0) is 23.8 Å². The Labute approximate surface area is 162 Å². The Morgan fingerprint density at radius 1 is 0.929 bits per heavy atom. The summed E-state index contributed by atoms with van der Waals surface area (Å²) in [7, 11) is 0. The lowest BCUT2D eigenvalue weighted by Gasteiger charge is -2.05. The Morgan fingerprint density at radius 3 is 2.61 bits per heavy atom. The fraction of sp³-hybridized carbons (Fsp3) is 0.0870. The van der Waals surface area contributed by atoms with Crippen LogP contribution in [0.2, 0.25) is 0 Å². The third-order valence-corrected chi connectivity index (χ3v) is 4.86. The minimum Gasteiger partial charge on any atom is -0.454 e. The van der Waals surface area contributed by atoms with Crippen molar-refractivity contribution in [2.75, 3.05) is 12.1 Å². The molecule has 1 aromatic heterocycles. The Morgan fingerprint density at radius 2 is 1.71 bits per heavy atom. The predicted molar refractivity (Wildman–Crippen MR) is 108 cm³/mol. The molecular weight excluding hydrogens is 352 g/mol. The molecule has 5 heteroatoms. The topological polar surface area (TPSA) is 52.5 Å². The Hall–Kier alpha value is -3.73. The van der Waals surface area contributed by atoms with Crippen molar-refractivity contribution in [3.05, 3.63) is 90.1 Å². The fourth-order valence-corrected chi connectivity index (χ4v) is 3.51. The van der Waals surface area contributed by atoms with E-state index < -0.39 is 0 Å². The summed E-state index contributed by atoms with van der Waals surface area (Å²) < 4.78 is 12.8. The van der Waals surface area contributed by atoms with Crippen molar-refractivity contribution in [3.8, 4) is 11.5 Å². The molecule has 0 radical (unpaired) electrons. The first-order chi connectivity index (χ1) is 13.8. The molecule has 3 aromatic carbocycles. The fourth-order valence-electron chi connectivity index (χ4n) is 3.51. The molecule has 1 amide bonds. The Bertz CT molecular complexity index is 1170. The smallest absolute Gasteiger partial charge is 0.257 e. The third-order valence-electron chi connectivity index (χ3n) is 4.86. The van der Waals surface area contributed by atoms with Crippen LogP contribution < -0.4 is 14.8 Å². The number of anilines is 1. The second kappa shape index (κ2) is 6.78. The van der Waals surface area contributed by atoms with Crippen LogP contribution in [0.25, 0.3) is 10.9 Å². The van der Waals surface area contributed by atoms with Crippen molar-refractivity contribution >= 4 is 22.5 Å². The standard InChI is InChI=1S/C23H18N2O3/c26-23(24-17-10-11-21-22(12-17)28-15-27-21)19-14-25(13-16-6-2-1-3-7-16)20-9-5-4-8-18(19)20/h1-12,14H,13,15H2,(H,24,26). The summed E-state index contributed by atoms with van der Waals surface area (Å²) >= 11 is 0. The molecule has 0 bridgehead atoms. The van der Waals surface area contributed by atoms with E-state index in [1.807, 2.05) is 54.7 Å². The van der Waals surface area contributed by atoms with Gasteiger partial charge in [0.1, 0.15) is 0 Å². The maximum absolute atomic E-state index is 13.0. The SMILES string of the molecule is O=C(Nc1ccc2c(c1)OCO2)c1cn(Cc2ccccc2)c2ccccc12. The number of fused-ring (bicyclic) bond motifs is 2. The van der Waals surface area contributed by atoms with Gasteiger partial charge in [-0.15, -0.1) is 0 Å². The summed E-state index contributed by atoms with van der Waals surface area (Å²) in [5.74, 6) is 1.18. The number of ether oxygens (including phenoxy) is 2. The van der Waals surface area contributed by atoms with Crippen LogP contribution in [0.1, 0.15) is 15.9 Å². The van der Waals surface area contributed by atoms with Crippen molar-refractivity contribution in [1.29, 1.82) is 0 Å². The zero-order valence-corrected chi connectivity index (χ0v) is 15.1. The second-order valence-corrected chi connectivity index (χ2v) is 6.70. The van der Waals surface area contributed by atoms with Crippen LogP contribution in [0, 0.1) is 0 Å². The zero-order valence-electron chi connectivity index (χ0n) is 15.1. The quantitative estimate of drug-likeness (QED) is 0.568.